The normalized spacial score (nSPS) is 11.0. The van der Waals surface area contributed by atoms with Crippen LogP contribution >= 0.6 is 23.4 Å². The predicted octanol–water partition coefficient (Wildman–Crippen LogP) is 4.44. The van der Waals surface area contributed by atoms with E-state index in [4.69, 9.17) is 11.6 Å². The average molecular weight is 508 g/mol. The molecule has 1 N–H and O–H groups in total. The van der Waals surface area contributed by atoms with Crippen LogP contribution in [0.4, 0.5) is 5.69 Å². The molecular formula is C23H18ClN7O3S. The highest BCUT2D eigenvalue weighted by Crippen LogP contribution is 2.28. The lowest BCUT2D eigenvalue weighted by Gasteiger charge is -2.10. The number of nitro groups is 1. The Bertz CT molecular complexity index is 1390. The van der Waals surface area contributed by atoms with Gasteiger partial charge < -0.3 is 0 Å². The molecule has 176 valence electrons. The highest BCUT2D eigenvalue weighted by Gasteiger charge is 2.17. The van der Waals surface area contributed by atoms with E-state index < -0.39 is 4.92 Å². The molecule has 0 aliphatic carbocycles. The molecule has 0 atom stereocenters. The molecule has 2 heterocycles. The Morgan fingerprint density at radius 3 is 2.63 bits per heavy atom. The summed E-state index contributed by atoms with van der Waals surface area (Å²) in [5, 5.41) is 24.1. The number of hydrogen-bond acceptors (Lipinski definition) is 8. The number of hydrazone groups is 1. The minimum absolute atomic E-state index is 0.0245. The third-order valence-corrected chi connectivity index (χ3v) is 6.01. The molecule has 0 aliphatic heterocycles. The second kappa shape index (κ2) is 10.9. The monoisotopic (exact) mass is 507 g/mol. The van der Waals surface area contributed by atoms with Crippen molar-refractivity contribution in [3.63, 3.8) is 0 Å². The Kier molecular flexibility index (Phi) is 7.48. The summed E-state index contributed by atoms with van der Waals surface area (Å²) in [5.74, 6) is 0.276. The van der Waals surface area contributed by atoms with Gasteiger partial charge in [-0.3, -0.25) is 24.5 Å². The van der Waals surface area contributed by atoms with Crippen LogP contribution in [-0.4, -0.2) is 42.5 Å². The van der Waals surface area contributed by atoms with Crippen LogP contribution in [0, 0.1) is 17.0 Å². The van der Waals surface area contributed by atoms with Gasteiger partial charge in [-0.25, -0.2) is 5.43 Å². The molecule has 0 saturated heterocycles. The van der Waals surface area contributed by atoms with Crippen LogP contribution in [0.2, 0.25) is 5.02 Å². The van der Waals surface area contributed by atoms with Crippen LogP contribution in [0.3, 0.4) is 0 Å². The average Bonchev–Trinajstić information content (AvgIpc) is 3.28. The summed E-state index contributed by atoms with van der Waals surface area (Å²) in [6.07, 6.45) is 4.66. The maximum absolute atomic E-state index is 12.4. The number of pyridine rings is 1. The smallest absolute Gasteiger partial charge is 0.272 e. The molecule has 2 aromatic carbocycles. The van der Waals surface area contributed by atoms with E-state index >= 15 is 0 Å². The molecule has 1 amide bonds. The van der Waals surface area contributed by atoms with Crippen LogP contribution in [0.15, 0.2) is 77.2 Å². The number of hydrogen-bond donors (Lipinski definition) is 1. The fourth-order valence-electron chi connectivity index (χ4n) is 3.07. The second-order valence-electron chi connectivity index (χ2n) is 7.26. The van der Waals surface area contributed by atoms with Crippen molar-refractivity contribution in [1.29, 1.82) is 0 Å². The Labute approximate surface area is 209 Å². The van der Waals surface area contributed by atoms with Gasteiger partial charge in [-0.15, -0.1) is 10.2 Å². The summed E-state index contributed by atoms with van der Waals surface area (Å²) in [7, 11) is 0. The molecule has 0 saturated carbocycles. The number of carbonyl (C=O) groups excluding carboxylic acids is 1. The lowest BCUT2D eigenvalue weighted by molar-refractivity contribution is -0.384. The zero-order valence-electron chi connectivity index (χ0n) is 18.3. The number of carbonyl (C=O) groups is 1. The zero-order valence-corrected chi connectivity index (χ0v) is 19.9. The Morgan fingerprint density at radius 1 is 1.17 bits per heavy atom. The molecule has 0 aliphatic rings. The molecule has 10 nitrogen and oxygen atoms in total. The van der Waals surface area contributed by atoms with Crippen molar-refractivity contribution >= 4 is 41.2 Å². The fraction of sp³-hybridized carbons (Fsp3) is 0.0870. The molecule has 2 aromatic heterocycles. The van der Waals surface area contributed by atoms with Gasteiger partial charge in [0.2, 0.25) is 0 Å². The number of amides is 1. The van der Waals surface area contributed by atoms with Gasteiger partial charge in [-0.2, -0.15) is 5.10 Å². The summed E-state index contributed by atoms with van der Waals surface area (Å²) >= 11 is 7.01. The Balaban J connectivity index is 1.48. The Morgan fingerprint density at radius 2 is 1.91 bits per heavy atom. The molecule has 0 radical (unpaired) electrons. The van der Waals surface area contributed by atoms with Gasteiger partial charge in [0.25, 0.3) is 11.6 Å². The van der Waals surface area contributed by atoms with E-state index in [2.05, 4.69) is 25.7 Å². The number of benzene rings is 2. The molecule has 0 bridgehead atoms. The fourth-order valence-corrected chi connectivity index (χ4v) is 4.00. The van der Waals surface area contributed by atoms with Gasteiger partial charge >= 0.3 is 0 Å². The van der Waals surface area contributed by atoms with Gasteiger partial charge in [0.1, 0.15) is 5.02 Å². The molecule has 12 heteroatoms. The summed E-state index contributed by atoms with van der Waals surface area (Å²) in [6, 6.07) is 15.8. The van der Waals surface area contributed by atoms with Crippen molar-refractivity contribution in [1.82, 2.24) is 25.2 Å². The lowest BCUT2D eigenvalue weighted by atomic mass is 10.2. The van der Waals surface area contributed by atoms with Crippen LogP contribution in [0.1, 0.15) is 11.1 Å². The van der Waals surface area contributed by atoms with E-state index in [1.165, 1.54) is 30.1 Å². The van der Waals surface area contributed by atoms with Crippen molar-refractivity contribution in [2.45, 2.75) is 12.1 Å². The number of nitrogens with one attached hydrogen (secondary N) is 1. The first-order valence-corrected chi connectivity index (χ1v) is 11.6. The Hall–Kier alpha value is -4.09. The predicted molar refractivity (Wildman–Crippen MR) is 134 cm³/mol. The van der Waals surface area contributed by atoms with E-state index in [-0.39, 0.29) is 22.4 Å². The summed E-state index contributed by atoms with van der Waals surface area (Å²) in [4.78, 5) is 26.8. The first-order valence-electron chi connectivity index (χ1n) is 10.2. The molecule has 4 aromatic rings. The van der Waals surface area contributed by atoms with Crippen molar-refractivity contribution in [3.05, 3.63) is 93.3 Å². The van der Waals surface area contributed by atoms with Crippen LogP contribution in [-0.2, 0) is 4.79 Å². The van der Waals surface area contributed by atoms with Crippen molar-refractivity contribution in [2.75, 3.05) is 5.75 Å². The van der Waals surface area contributed by atoms with E-state index in [1.807, 2.05) is 47.9 Å². The van der Waals surface area contributed by atoms with Crippen LogP contribution in [0.25, 0.3) is 17.1 Å². The minimum atomic E-state index is -0.584. The minimum Gasteiger partial charge on any atom is -0.272 e. The van der Waals surface area contributed by atoms with Gasteiger partial charge in [0.05, 0.1) is 16.9 Å². The highest BCUT2D eigenvalue weighted by atomic mass is 35.5. The van der Waals surface area contributed by atoms with Gasteiger partial charge in [0.15, 0.2) is 11.0 Å². The molecular weight excluding hydrogens is 490 g/mol. The summed E-state index contributed by atoms with van der Waals surface area (Å²) in [6.45, 7) is 2.00. The van der Waals surface area contributed by atoms with E-state index in [9.17, 15) is 14.9 Å². The van der Waals surface area contributed by atoms with Gasteiger partial charge in [0, 0.05) is 35.3 Å². The van der Waals surface area contributed by atoms with E-state index in [1.54, 1.807) is 18.5 Å². The molecule has 35 heavy (non-hydrogen) atoms. The largest absolute Gasteiger partial charge is 0.288 e. The number of aromatic nitrogens is 4. The number of rotatable bonds is 8. The highest BCUT2D eigenvalue weighted by molar-refractivity contribution is 7.99. The number of thioether (sulfide) groups is 1. The second-order valence-corrected chi connectivity index (χ2v) is 8.61. The number of halogens is 1. The standard InChI is InChI=1S/C23H18ClN7O3S/c1-15-2-5-18(6-3-15)30-22(17-8-10-25-11-9-17)28-29-23(30)35-14-21(32)27-26-13-16-4-7-19(24)20(12-16)31(33)34/h2-13H,14H2,1H3,(H,27,32). The van der Waals surface area contributed by atoms with Crippen molar-refractivity contribution in [2.24, 2.45) is 5.10 Å². The van der Waals surface area contributed by atoms with E-state index in [0.717, 1.165) is 16.8 Å². The SMILES string of the molecule is Cc1ccc(-n2c(SCC(=O)NN=Cc3ccc(Cl)c([N+](=O)[O-])c3)nnc2-c2ccncc2)cc1. The van der Waals surface area contributed by atoms with Gasteiger partial charge in [-0.05, 0) is 37.3 Å². The zero-order chi connectivity index (χ0) is 24.8. The van der Waals surface area contributed by atoms with Gasteiger partial charge in [-0.1, -0.05) is 47.1 Å². The van der Waals surface area contributed by atoms with Crippen LogP contribution < -0.4 is 5.43 Å². The summed E-state index contributed by atoms with van der Waals surface area (Å²) < 4.78 is 1.88. The maximum Gasteiger partial charge on any atom is 0.288 e. The quantitative estimate of drug-likeness (QED) is 0.161. The molecule has 0 spiro atoms. The van der Waals surface area contributed by atoms with Crippen molar-refractivity contribution < 1.29 is 9.72 Å². The molecule has 0 fully saturated rings. The number of nitrogens with zero attached hydrogens (tertiary/aromatic N) is 6. The molecule has 4 rings (SSSR count). The first kappa shape index (κ1) is 24.0. The maximum atomic E-state index is 12.4. The number of nitro benzene ring substituents is 1. The van der Waals surface area contributed by atoms with E-state index in [0.29, 0.717) is 16.5 Å². The first-order chi connectivity index (χ1) is 16.9. The third-order valence-electron chi connectivity index (χ3n) is 4.77. The summed E-state index contributed by atoms with van der Waals surface area (Å²) in [5.41, 5.74) is 5.41. The topological polar surface area (TPSA) is 128 Å². The lowest BCUT2D eigenvalue weighted by Crippen LogP contribution is -2.20. The third kappa shape index (κ3) is 5.89. The molecule has 0 unspecified atom stereocenters. The van der Waals surface area contributed by atoms with Crippen molar-refractivity contribution in [3.8, 4) is 17.1 Å². The van der Waals surface area contributed by atoms with Crippen LogP contribution in [0.5, 0.6) is 0 Å². The number of aryl methyl sites for hydroxylation is 1.